The molecular formula is C5H6ClNO2. The van der Waals surface area contributed by atoms with Crippen LogP contribution in [0.4, 0.5) is 0 Å². The van der Waals surface area contributed by atoms with Crippen LogP contribution >= 0.6 is 11.6 Å². The molecule has 1 fully saturated rings. The molecule has 0 radical (unpaired) electrons. The van der Waals surface area contributed by atoms with Gasteiger partial charge in [-0.3, -0.25) is 9.59 Å². The van der Waals surface area contributed by atoms with Gasteiger partial charge >= 0.3 is 0 Å². The van der Waals surface area contributed by atoms with E-state index in [1.165, 1.54) is 4.90 Å². The minimum atomic E-state index is -0.156. The van der Waals surface area contributed by atoms with Crippen molar-refractivity contribution in [1.82, 2.24) is 4.90 Å². The molecule has 50 valence electrons. The summed E-state index contributed by atoms with van der Waals surface area (Å²) < 4.78 is 0. The topological polar surface area (TPSA) is 37.4 Å². The fourth-order valence-corrected chi connectivity index (χ4v) is 0.809. The molecule has 0 spiro atoms. The van der Waals surface area contributed by atoms with Crippen molar-refractivity contribution >= 4 is 23.3 Å². The molecule has 0 aromatic carbocycles. The number of rotatable bonds is 1. The van der Waals surface area contributed by atoms with Gasteiger partial charge in [0, 0.05) is 0 Å². The quantitative estimate of drug-likeness (QED) is 0.475. The van der Waals surface area contributed by atoms with Gasteiger partial charge in [0.15, 0.2) is 5.78 Å². The summed E-state index contributed by atoms with van der Waals surface area (Å²) in [6, 6.07) is 0. The van der Waals surface area contributed by atoms with Crippen molar-refractivity contribution in [3.8, 4) is 0 Å². The summed E-state index contributed by atoms with van der Waals surface area (Å²) in [4.78, 5) is 22.3. The minimum Gasteiger partial charge on any atom is -0.327 e. The number of alkyl halides is 1. The predicted octanol–water partition coefficient (Wildman–Crippen LogP) is -0.363. The largest absolute Gasteiger partial charge is 0.327 e. The van der Waals surface area contributed by atoms with Crippen LogP contribution in [0.5, 0.6) is 0 Å². The smallest absolute Gasteiger partial charge is 0.238 e. The van der Waals surface area contributed by atoms with Gasteiger partial charge in [-0.15, -0.1) is 11.6 Å². The van der Waals surface area contributed by atoms with Crippen LogP contribution in [0.3, 0.4) is 0 Å². The molecule has 9 heavy (non-hydrogen) atoms. The molecule has 3 nitrogen and oxygen atoms in total. The lowest BCUT2D eigenvalue weighted by Crippen LogP contribution is -2.50. The zero-order chi connectivity index (χ0) is 6.85. The Morgan fingerprint density at radius 3 is 2.56 bits per heavy atom. The summed E-state index contributed by atoms with van der Waals surface area (Å²) in [5, 5.41) is 0. The predicted molar refractivity (Wildman–Crippen MR) is 32.3 cm³/mol. The molecule has 4 heteroatoms. The normalized spacial score (nSPS) is 17.4. The van der Waals surface area contributed by atoms with Crippen LogP contribution in [0.1, 0.15) is 0 Å². The third-order valence-electron chi connectivity index (χ3n) is 1.20. The summed E-state index contributed by atoms with van der Waals surface area (Å²) in [6.07, 6.45) is 0. The van der Waals surface area contributed by atoms with Gasteiger partial charge in [0.2, 0.25) is 5.91 Å². The fraction of sp³-hybridized carbons (Fsp3) is 0.600. The lowest BCUT2D eigenvalue weighted by Gasteiger charge is -2.28. The van der Waals surface area contributed by atoms with Gasteiger partial charge in [0.05, 0.1) is 13.1 Å². The molecule has 0 N–H and O–H groups in total. The number of ketones is 1. The van der Waals surface area contributed by atoms with Gasteiger partial charge < -0.3 is 4.90 Å². The van der Waals surface area contributed by atoms with Gasteiger partial charge in [-0.05, 0) is 0 Å². The third-order valence-corrected chi connectivity index (χ3v) is 1.43. The van der Waals surface area contributed by atoms with Crippen LogP contribution in [-0.4, -0.2) is 35.6 Å². The summed E-state index contributed by atoms with van der Waals surface area (Å²) in [5.74, 6) is -0.0717. The highest BCUT2D eigenvalue weighted by Gasteiger charge is 2.26. The van der Waals surface area contributed by atoms with Crippen molar-refractivity contribution in [3.05, 3.63) is 0 Å². The number of likely N-dealkylation sites (tertiary alicyclic amines) is 1. The number of carbonyl (C=O) groups excluding carboxylic acids is 2. The van der Waals surface area contributed by atoms with Gasteiger partial charge in [0.1, 0.15) is 5.88 Å². The van der Waals surface area contributed by atoms with Gasteiger partial charge in [-0.1, -0.05) is 0 Å². The maximum absolute atomic E-state index is 10.6. The molecule has 0 unspecified atom stereocenters. The van der Waals surface area contributed by atoms with Crippen LogP contribution in [-0.2, 0) is 9.59 Å². The first kappa shape index (κ1) is 6.55. The number of nitrogens with zero attached hydrogens (tertiary/aromatic N) is 1. The summed E-state index contributed by atoms with van der Waals surface area (Å²) in [5.41, 5.74) is 0. The molecule has 1 rings (SSSR count). The van der Waals surface area contributed by atoms with E-state index in [-0.39, 0.29) is 30.7 Å². The summed E-state index contributed by atoms with van der Waals surface area (Å²) in [7, 11) is 0. The first-order chi connectivity index (χ1) is 4.24. The highest BCUT2D eigenvalue weighted by Crippen LogP contribution is 2.02. The zero-order valence-electron chi connectivity index (χ0n) is 4.76. The highest BCUT2D eigenvalue weighted by atomic mass is 35.5. The maximum atomic E-state index is 10.6. The molecule has 0 atom stereocenters. The number of amides is 1. The van der Waals surface area contributed by atoms with Gasteiger partial charge in [-0.2, -0.15) is 0 Å². The lowest BCUT2D eigenvalue weighted by molar-refractivity contribution is -0.143. The van der Waals surface area contributed by atoms with Crippen molar-refractivity contribution in [2.75, 3.05) is 19.0 Å². The molecule has 1 saturated heterocycles. The number of halogens is 1. The monoisotopic (exact) mass is 147 g/mol. The molecule has 0 aromatic rings. The zero-order valence-corrected chi connectivity index (χ0v) is 5.52. The molecular weight excluding hydrogens is 142 g/mol. The first-order valence-electron chi connectivity index (χ1n) is 2.59. The Hall–Kier alpha value is -0.570. The summed E-state index contributed by atoms with van der Waals surface area (Å²) in [6.45, 7) is 0.511. The Labute approximate surface area is 57.6 Å². The second-order valence-corrected chi connectivity index (χ2v) is 2.19. The van der Waals surface area contributed by atoms with Gasteiger partial charge in [-0.25, -0.2) is 0 Å². The van der Waals surface area contributed by atoms with E-state index in [0.29, 0.717) is 0 Å². The van der Waals surface area contributed by atoms with E-state index in [0.717, 1.165) is 0 Å². The summed E-state index contributed by atoms with van der Waals surface area (Å²) >= 11 is 5.20. The van der Waals surface area contributed by atoms with Crippen molar-refractivity contribution in [3.63, 3.8) is 0 Å². The molecule has 1 amide bonds. The van der Waals surface area contributed by atoms with Crippen molar-refractivity contribution < 1.29 is 9.59 Å². The first-order valence-corrected chi connectivity index (χ1v) is 3.13. The highest BCUT2D eigenvalue weighted by molar-refractivity contribution is 6.27. The second-order valence-electron chi connectivity index (χ2n) is 1.92. The van der Waals surface area contributed by atoms with Crippen LogP contribution in [0.15, 0.2) is 0 Å². The minimum absolute atomic E-state index is 0.0206. The number of carbonyl (C=O) groups is 2. The van der Waals surface area contributed by atoms with E-state index >= 15 is 0 Å². The molecule has 0 aliphatic carbocycles. The van der Waals surface area contributed by atoms with Crippen molar-refractivity contribution in [1.29, 1.82) is 0 Å². The molecule has 0 saturated carbocycles. The third kappa shape index (κ3) is 1.21. The van der Waals surface area contributed by atoms with Crippen LogP contribution in [0, 0.1) is 0 Å². The number of hydrogen-bond acceptors (Lipinski definition) is 2. The van der Waals surface area contributed by atoms with Crippen LogP contribution in [0.25, 0.3) is 0 Å². The SMILES string of the molecule is O=C1CN(C(=O)CCl)C1. The lowest BCUT2D eigenvalue weighted by atomic mass is 10.2. The Bertz CT molecular complexity index is 149. The molecule has 0 bridgehead atoms. The van der Waals surface area contributed by atoms with E-state index < -0.39 is 0 Å². The molecule has 1 aliphatic rings. The fourth-order valence-electron chi connectivity index (χ4n) is 0.640. The van der Waals surface area contributed by atoms with E-state index in [9.17, 15) is 9.59 Å². The molecule has 0 aromatic heterocycles. The Morgan fingerprint density at radius 1 is 1.67 bits per heavy atom. The maximum Gasteiger partial charge on any atom is 0.238 e. The Balaban J connectivity index is 2.31. The van der Waals surface area contributed by atoms with E-state index in [1.807, 2.05) is 0 Å². The van der Waals surface area contributed by atoms with Crippen molar-refractivity contribution in [2.45, 2.75) is 0 Å². The van der Waals surface area contributed by atoms with E-state index in [4.69, 9.17) is 11.6 Å². The van der Waals surface area contributed by atoms with E-state index in [2.05, 4.69) is 0 Å². The number of hydrogen-bond donors (Lipinski definition) is 0. The Kier molecular flexibility index (Phi) is 1.71. The molecule has 1 heterocycles. The average molecular weight is 148 g/mol. The van der Waals surface area contributed by atoms with Gasteiger partial charge in [0.25, 0.3) is 0 Å². The van der Waals surface area contributed by atoms with Crippen molar-refractivity contribution in [2.24, 2.45) is 0 Å². The average Bonchev–Trinajstić information content (AvgIpc) is 1.79. The standard InChI is InChI=1S/C5H6ClNO2/c6-1-5(9)7-2-4(8)3-7/h1-3H2. The van der Waals surface area contributed by atoms with E-state index in [1.54, 1.807) is 0 Å². The van der Waals surface area contributed by atoms with Crippen LogP contribution in [0.2, 0.25) is 0 Å². The Morgan fingerprint density at radius 2 is 2.22 bits per heavy atom. The molecule has 1 aliphatic heterocycles. The van der Waals surface area contributed by atoms with Crippen LogP contribution < -0.4 is 0 Å². The second kappa shape index (κ2) is 2.35. The number of Topliss-reactive ketones (excluding diaryl/α,β-unsaturated/α-hetero) is 1.